The third-order valence-electron chi connectivity index (χ3n) is 4.71. The van der Waals surface area contributed by atoms with E-state index in [-0.39, 0.29) is 37.0 Å². The quantitative estimate of drug-likeness (QED) is 0.628. The molecule has 1 aromatic heterocycles. The molecule has 0 bridgehead atoms. The van der Waals surface area contributed by atoms with Crippen LogP contribution in [0, 0.1) is 5.82 Å². The van der Waals surface area contributed by atoms with Crippen molar-refractivity contribution in [2.24, 2.45) is 0 Å². The molecule has 3 aromatic rings. The number of hydrogen-bond acceptors (Lipinski definition) is 6. The maximum atomic E-state index is 14.0. The number of amides is 1. The number of sulfonamides is 1. The number of carbonyl (C=O) groups is 1. The van der Waals surface area contributed by atoms with E-state index >= 15 is 0 Å². The summed E-state index contributed by atoms with van der Waals surface area (Å²) in [6.07, 6.45) is 1.39. The van der Waals surface area contributed by atoms with Crippen molar-refractivity contribution in [2.45, 2.75) is 4.90 Å². The molecule has 1 aliphatic rings. The summed E-state index contributed by atoms with van der Waals surface area (Å²) >= 11 is 0. The predicted molar refractivity (Wildman–Crippen MR) is 100 cm³/mol. The van der Waals surface area contributed by atoms with Gasteiger partial charge in [0.05, 0.1) is 11.3 Å². The van der Waals surface area contributed by atoms with Gasteiger partial charge in [-0.2, -0.15) is 8.99 Å². The van der Waals surface area contributed by atoms with E-state index in [2.05, 4.69) is 15.5 Å². The van der Waals surface area contributed by atoms with Crippen LogP contribution < -0.4 is 0 Å². The minimum atomic E-state index is -3.96. The van der Waals surface area contributed by atoms with Gasteiger partial charge in [-0.15, -0.1) is 5.10 Å². The highest BCUT2D eigenvalue weighted by molar-refractivity contribution is 7.89. The molecule has 1 amide bonds. The summed E-state index contributed by atoms with van der Waals surface area (Å²) < 4.78 is 42.0. The second kappa shape index (κ2) is 7.68. The highest BCUT2D eigenvalue weighted by atomic mass is 32.2. The van der Waals surface area contributed by atoms with E-state index in [0.717, 1.165) is 6.07 Å². The summed E-state index contributed by atoms with van der Waals surface area (Å²) in [5, 5.41) is 11.0. The van der Waals surface area contributed by atoms with Crippen LogP contribution in [-0.2, 0) is 10.0 Å². The topological polar surface area (TPSA) is 101 Å². The number of tetrazole rings is 1. The second-order valence-corrected chi connectivity index (χ2v) is 8.30. The smallest absolute Gasteiger partial charge is 0.256 e. The SMILES string of the molecule is O=C(c1ccccc1-n1cnnn1)N1CCN(S(=O)(=O)c2ccccc2F)CC1. The number of piperazine rings is 1. The molecule has 0 radical (unpaired) electrons. The maximum Gasteiger partial charge on any atom is 0.256 e. The molecule has 11 heteroatoms. The molecule has 4 rings (SSSR count). The van der Waals surface area contributed by atoms with Gasteiger partial charge in [-0.1, -0.05) is 24.3 Å². The number of benzene rings is 2. The number of halogens is 1. The van der Waals surface area contributed by atoms with Gasteiger partial charge in [0.1, 0.15) is 17.0 Å². The Labute approximate surface area is 166 Å². The van der Waals surface area contributed by atoms with Gasteiger partial charge < -0.3 is 4.90 Å². The average Bonchev–Trinajstić information content (AvgIpc) is 3.28. The second-order valence-electron chi connectivity index (χ2n) is 6.40. The first-order chi connectivity index (χ1) is 14.0. The van der Waals surface area contributed by atoms with Crippen LogP contribution in [0.4, 0.5) is 4.39 Å². The molecule has 1 fully saturated rings. The molecule has 2 aromatic carbocycles. The van der Waals surface area contributed by atoms with Crippen LogP contribution in [0.1, 0.15) is 10.4 Å². The third-order valence-corrected chi connectivity index (χ3v) is 6.64. The van der Waals surface area contributed by atoms with Crippen molar-refractivity contribution in [3.05, 3.63) is 66.2 Å². The fraction of sp³-hybridized carbons (Fsp3) is 0.222. The van der Waals surface area contributed by atoms with Gasteiger partial charge in [-0.05, 0) is 34.7 Å². The first-order valence-electron chi connectivity index (χ1n) is 8.85. The zero-order chi connectivity index (χ0) is 20.4. The fourth-order valence-electron chi connectivity index (χ4n) is 3.22. The van der Waals surface area contributed by atoms with Gasteiger partial charge in [0.25, 0.3) is 5.91 Å². The lowest BCUT2D eigenvalue weighted by atomic mass is 10.1. The van der Waals surface area contributed by atoms with E-state index in [1.165, 1.54) is 33.5 Å². The Kier molecular flexibility index (Phi) is 5.07. The maximum absolute atomic E-state index is 14.0. The van der Waals surface area contributed by atoms with Crippen LogP contribution in [-0.4, -0.2) is 69.9 Å². The van der Waals surface area contributed by atoms with E-state index in [4.69, 9.17) is 0 Å². The van der Waals surface area contributed by atoms with Gasteiger partial charge in [-0.3, -0.25) is 4.79 Å². The van der Waals surface area contributed by atoms with Crippen LogP contribution >= 0.6 is 0 Å². The Morgan fingerprint density at radius 3 is 2.34 bits per heavy atom. The van der Waals surface area contributed by atoms with Gasteiger partial charge in [0.2, 0.25) is 10.0 Å². The normalized spacial score (nSPS) is 15.4. The largest absolute Gasteiger partial charge is 0.336 e. The molecule has 0 N–H and O–H groups in total. The van der Waals surface area contributed by atoms with Crippen LogP contribution in [0.25, 0.3) is 5.69 Å². The van der Waals surface area contributed by atoms with E-state index < -0.39 is 15.8 Å². The van der Waals surface area contributed by atoms with Gasteiger partial charge >= 0.3 is 0 Å². The molecule has 1 saturated heterocycles. The highest BCUT2D eigenvalue weighted by Gasteiger charge is 2.32. The molecule has 0 saturated carbocycles. The van der Waals surface area contributed by atoms with Crippen molar-refractivity contribution in [3.63, 3.8) is 0 Å². The van der Waals surface area contributed by atoms with E-state index in [1.807, 2.05) is 0 Å². The van der Waals surface area contributed by atoms with Crippen molar-refractivity contribution < 1.29 is 17.6 Å². The lowest BCUT2D eigenvalue weighted by molar-refractivity contribution is 0.0697. The lowest BCUT2D eigenvalue weighted by Gasteiger charge is -2.34. The first kappa shape index (κ1) is 19.2. The highest BCUT2D eigenvalue weighted by Crippen LogP contribution is 2.22. The standard InChI is InChI=1S/C18H17FN6O3S/c19-15-6-2-4-8-17(15)29(27,28)24-11-9-23(10-12-24)18(26)14-5-1-3-7-16(14)25-13-20-21-22-25/h1-8,13H,9-12H2. The Hall–Kier alpha value is -3.18. The number of nitrogens with zero attached hydrogens (tertiary/aromatic N) is 6. The summed E-state index contributed by atoms with van der Waals surface area (Å²) in [6.45, 7) is 0.540. The van der Waals surface area contributed by atoms with Crippen LogP contribution in [0.15, 0.2) is 59.8 Å². The zero-order valence-electron chi connectivity index (χ0n) is 15.2. The number of carbonyl (C=O) groups excluding carboxylic acids is 1. The average molecular weight is 416 g/mol. The van der Waals surface area contributed by atoms with Crippen LogP contribution in [0.3, 0.4) is 0 Å². The molecule has 0 atom stereocenters. The number of hydrogen-bond donors (Lipinski definition) is 0. The number of aromatic nitrogens is 4. The molecule has 9 nitrogen and oxygen atoms in total. The zero-order valence-corrected chi connectivity index (χ0v) is 16.0. The summed E-state index contributed by atoms with van der Waals surface area (Å²) in [5.74, 6) is -1.04. The number of para-hydroxylation sites is 1. The minimum absolute atomic E-state index is 0.0788. The molecule has 150 valence electrons. The van der Waals surface area contributed by atoms with Crippen LogP contribution in [0.5, 0.6) is 0 Å². The predicted octanol–water partition coefficient (Wildman–Crippen LogP) is 0.948. The van der Waals surface area contributed by atoms with Crippen LogP contribution in [0.2, 0.25) is 0 Å². The lowest BCUT2D eigenvalue weighted by Crippen LogP contribution is -2.50. The molecule has 0 aliphatic carbocycles. The van der Waals surface area contributed by atoms with E-state index in [9.17, 15) is 17.6 Å². The summed E-state index contributed by atoms with van der Waals surface area (Å²) in [5.41, 5.74) is 0.939. The van der Waals surface area contributed by atoms with Crippen molar-refractivity contribution in [3.8, 4) is 5.69 Å². The van der Waals surface area contributed by atoms with Crippen molar-refractivity contribution in [2.75, 3.05) is 26.2 Å². The monoisotopic (exact) mass is 416 g/mol. The molecule has 1 aliphatic heterocycles. The summed E-state index contributed by atoms with van der Waals surface area (Å²) in [4.78, 5) is 14.2. The summed E-state index contributed by atoms with van der Waals surface area (Å²) in [7, 11) is -3.96. The minimum Gasteiger partial charge on any atom is -0.336 e. The Bertz CT molecular complexity index is 1130. The third kappa shape index (κ3) is 3.61. The Balaban J connectivity index is 1.51. The first-order valence-corrected chi connectivity index (χ1v) is 10.3. The van der Waals surface area contributed by atoms with Crippen molar-refractivity contribution in [1.82, 2.24) is 29.4 Å². The number of rotatable bonds is 4. The Morgan fingerprint density at radius 2 is 1.66 bits per heavy atom. The van der Waals surface area contributed by atoms with Crippen molar-refractivity contribution >= 4 is 15.9 Å². The van der Waals surface area contributed by atoms with Gasteiger partial charge in [0.15, 0.2) is 0 Å². The molecule has 0 unspecified atom stereocenters. The molecule has 29 heavy (non-hydrogen) atoms. The molecular formula is C18H17FN6O3S. The molecule has 2 heterocycles. The Morgan fingerprint density at radius 1 is 0.966 bits per heavy atom. The van der Waals surface area contributed by atoms with Gasteiger partial charge in [-0.25, -0.2) is 12.8 Å². The summed E-state index contributed by atoms with van der Waals surface area (Å²) in [6, 6.07) is 12.2. The van der Waals surface area contributed by atoms with Crippen molar-refractivity contribution in [1.29, 1.82) is 0 Å². The van der Waals surface area contributed by atoms with E-state index in [1.54, 1.807) is 29.2 Å². The molecular weight excluding hydrogens is 399 g/mol. The van der Waals surface area contributed by atoms with E-state index in [0.29, 0.717) is 11.3 Å². The van der Waals surface area contributed by atoms with Gasteiger partial charge in [0, 0.05) is 26.2 Å². The fourth-order valence-corrected chi connectivity index (χ4v) is 4.71. The molecule has 0 spiro atoms.